The summed E-state index contributed by atoms with van der Waals surface area (Å²) >= 11 is 1.96. The van der Waals surface area contributed by atoms with Gasteiger partial charge in [-0.1, -0.05) is 0 Å². The van der Waals surface area contributed by atoms with Crippen LogP contribution in [0.1, 0.15) is 0 Å². The van der Waals surface area contributed by atoms with Crippen molar-refractivity contribution in [3.8, 4) is 0 Å². The Bertz CT molecular complexity index is 6.00. The Morgan fingerprint density at radius 1 is 1.00 bits per heavy atom. The third-order valence-electron chi connectivity index (χ3n) is 0.167. The first-order chi connectivity index (χ1) is 1.91. The second-order valence-corrected chi connectivity index (χ2v) is 9.00. The van der Waals surface area contributed by atoms with E-state index in [-0.39, 0.29) is 0 Å². The van der Waals surface area contributed by atoms with Crippen LogP contribution in [-0.2, 0) is 0 Å². The second-order valence-electron chi connectivity index (χ2n) is 0.333. The van der Waals surface area contributed by atoms with E-state index in [2.05, 4.69) is 11.6 Å². The number of hydrogen-bond acceptors (Lipinski definition) is 0. The zero-order valence-corrected chi connectivity index (χ0v) is 6.24. The third kappa shape index (κ3) is 3.04. The molecule has 0 aliphatic carbocycles. The molecular weight excluding hydrogens is 182 g/mol. The summed E-state index contributed by atoms with van der Waals surface area (Å²) in [5.41, 5.74) is 0. The molecule has 0 aliphatic rings. The summed E-state index contributed by atoms with van der Waals surface area (Å²) in [6, 6.07) is 0. The Hall–Kier alpha value is 1.04. The molecule has 0 unspecified atom stereocenters. The van der Waals surface area contributed by atoms with Gasteiger partial charge in [0.2, 0.25) is 0 Å². The predicted octanol–water partition coefficient (Wildman–Crippen LogP) is 0.406. The normalized spacial score (nSPS) is 7.50. The van der Waals surface area contributed by atoms with E-state index in [0.717, 1.165) is 26.3 Å². The summed E-state index contributed by atoms with van der Waals surface area (Å²) in [4.78, 5) is 0. The topological polar surface area (TPSA) is 0 Å². The summed E-state index contributed by atoms with van der Waals surface area (Å²) in [5, 5.41) is 0. The van der Waals surface area contributed by atoms with Gasteiger partial charge in [-0.2, -0.15) is 0 Å². The van der Waals surface area contributed by atoms with Gasteiger partial charge in [0, 0.05) is 0 Å². The molecular formula is C2H6Se2. The first-order valence-corrected chi connectivity index (χ1v) is 8.74. The Morgan fingerprint density at radius 2 is 1.25 bits per heavy atom. The van der Waals surface area contributed by atoms with Crippen molar-refractivity contribution in [1.82, 2.24) is 0 Å². The van der Waals surface area contributed by atoms with E-state index in [1.54, 1.807) is 0 Å². The van der Waals surface area contributed by atoms with Crippen LogP contribution in [0.15, 0.2) is 0 Å². The minimum absolute atomic E-state index is 0.979. The molecule has 0 aromatic carbocycles. The van der Waals surface area contributed by atoms with Gasteiger partial charge in [0.15, 0.2) is 0 Å². The fourth-order valence-electron chi connectivity index (χ4n) is 0. The van der Waals surface area contributed by atoms with Crippen LogP contribution in [0, 0.1) is 0 Å². The molecule has 0 rings (SSSR count). The monoisotopic (exact) mass is 190 g/mol. The Balaban J connectivity index is 1.97. The van der Waals surface area contributed by atoms with Crippen molar-refractivity contribution >= 4 is 26.3 Å². The van der Waals surface area contributed by atoms with Gasteiger partial charge in [0.05, 0.1) is 0 Å². The molecule has 4 heavy (non-hydrogen) atoms. The number of rotatable bonds is 1. The first kappa shape index (κ1) is 5.04. The van der Waals surface area contributed by atoms with Gasteiger partial charge in [-0.3, -0.25) is 0 Å². The summed E-state index contributed by atoms with van der Waals surface area (Å²) in [7, 11) is 0. The van der Waals surface area contributed by atoms with Crippen molar-refractivity contribution in [3.63, 3.8) is 0 Å². The van der Waals surface area contributed by atoms with Gasteiger partial charge in [-0.05, 0) is 0 Å². The van der Waals surface area contributed by atoms with E-state index < -0.39 is 0 Å². The summed E-state index contributed by atoms with van der Waals surface area (Å²) < 4.78 is 0. The maximum absolute atomic E-state index is 2.27. The average molecular weight is 188 g/mol. The molecule has 0 aliphatic heterocycles. The van der Waals surface area contributed by atoms with E-state index in [1.807, 2.05) is 0 Å². The van der Waals surface area contributed by atoms with Crippen LogP contribution in [0.25, 0.3) is 0 Å². The van der Waals surface area contributed by atoms with E-state index in [1.165, 1.54) is 0 Å². The minimum atomic E-state index is 0.979. The Labute approximate surface area is 38.2 Å². The van der Waals surface area contributed by atoms with Crippen LogP contribution in [0.3, 0.4) is 0 Å². The van der Waals surface area contributed by atoms with Crippen molar-refractivity contribution in [1.29, 1.82) is 0 Å². The molecule has 0 bridgehead atoms. The van der Waals surface area contributed by atoms with Gasteiger partial charge in [0.25, 0.3) is 0 Å². The van der Waals surface area contributed by atoms with E-state index in [0.29, 0.717) is 0 Å². The van der Waals surface area contributed by atoms with Crippen LogP contribution in [0.5, 0.6) is 0 Å². The molecule has 26 valence electrons. The fraction of sp³-hybridized carbons (Fsp3) is 1.00. The number of hydrogen-bond donors (Lipinski definition) is 0. The maximum atomic E-state index is 2.27. The average Bonchev–Trinajstić information content (AvgIpc) is 1.37. The van der Waals surface area contributed by atoms with Crippen molar-refractivity contribution in [3.05, 3.63) is 0 Å². The molecule has 0 atom stereocenters. The molecule has 0 heterocycles. The molecule has 0 saturated heterocycles. The van der Waals surface area contributed by atoms with Crippen LogP contribution >= 0.6 is 0 Å². The summed E-state index contributed by atoms with van der Waals surface area (Å²) in [6.45, 7) is 0. The van der Waals surface area contributed by atoms with E-state index >= 15 is 0 Å². The van der Waals surface area contributed by atoms with Gasteiger partial charge in [-0.15, -0.1) is 0 Å². The zero-order chi connectivity index (χ0) is 3.41. The Kier molecular flexibility index (Phi) is 5.09. The quantitative estimate of drug-likeness (QED) is 0.522. The summed E-state index contributed by atoms with van der Waals surface area (Å²) in [5.74, 6) is 4.54. The standard InChI is InChI=1S/C2H6Se2/c1-3-4-2/h1-2H3. The van der Waals surface area contributed by atoms with Gasteiger partial charge in [-0.25, -0.2) is 0 Å². The molecule has 0 aromatic rings. The van der Waals surface area contributed by atoms with Crippen molar-refractivity contribution in [2.45, 2.75) is 11.6 Å². The Morgan fingerprint density at radius 3 is 1.25 bits per heavy atom. The second kappa shape index (κ2) is 4.04. The van der Waals surface area contributed by atoms with Crippen LogP contribution in [0.4, 0.5) is 0 Å². The molecule has 0 radical (unpaired) electrons. The molecule has 0 amide bonds. The van der Waals surface area contributed by atoms with E-state index in [4.69, 9.17) is 0 Å². The van der Waals surface area contributed by atoms with Crippen LogP contribution < -0.4 is 0 Å². The van der Waals surface area contributed by atoms with Gasteiger partial charge >= 0.3 is 37.9 Å². The fourth-order valence-corrected chi connectivity index (χ4v) is 0. The van der Waals surface area contributed by atoms with E-state index in [9.17, 15) is 0 Å². The van der Waals surface area contributed by atoms with Crippen molar-refractivity contribution in [2.75, 3.05) is 0 Å². The first-order valence-electron chi connectivity index (χ1n) is 0.983. The molecule has 2 heteroatoms. The predicted molar refractivity (Wildman–Crippen MR) is 23.2 cm³/mol. The van der Waals surface area contributed by atoms with Crippen LogP contribution in [-0.4, -0.2) is 26.3 Å². The molecule has 0 saturated carbocycles. The molecule has 0 nitrogen and oxygen atoms in total. The molecule has 0 N–H and O–H groups in total. The SMILES string of the molecule is C[Se][Se]C. The summed E-state index contributed by atoms with van der Waals surface area (Å²) in [6.07, 6.45) is 0. The third-order valence-corrected chi connectivity index (χ3v) is 4.50. The van der Waals surface area contributed by atoms with Gasteiger partial charge in [0.1, 0.15) is 0 Å². The van der Waals surface area contributed by atoms with Gasteiger partial charge < -0.3 is 0 Å². The molecule has 0 aromatic heterocycles. The van der Waals surface area contributed by atoms with Crippen molar-refractivity contribution < 1.29 is 0 Å². The molecule has 0 spiro atoms. The zero-order valence-electron chi connectivity index (χ0n) is 2.82. The van der Waals surface area contributed by atoms with Crippen molar-refractivity contribution in [2.24, 2.45) is 0 Å². The molecule has 0 fully saturated rings. The van der Waals surface area contributed by atoms with Crippen LogP contribution in [0.2, 0.25) is 11.6 Å².